The number of hydrogen-bond acceptors (Lipinski definition) is 2. The van der Waals surface area contributed by atoms with Crippen LogP contribution in [-0.4, -0.2) is 4.98 Å². The van der Waals surface area contributed by atoms with Crippen LogP contribution in [0.2, 0.25) is 0 Å². The third-order valence-corrected chi connectivity index (χ3v) is 6.13. The Bertz CT molecular complexity index is 1610. The predicted molar refractivity (Wildman–Crippen MR) is 126 cm³/mol. The highest BCUT2D eigenvalue weighted by molar-refractivity contribution is 6.13. The smallest absolute Gasteiger partial charge is 0.286 e. The van der Waals surface area contributed by atoms with E-state index < -0.39 is 0 Å². The van der Waals surface area contributed by atoms with E-state index in [4.69, 9.17) is 4.42 Å². The first kappa shape index (κ1) is 17.8. The van der Waals surface area contributed by atoms with Crippen molar-refractivity contribution < 1.29 is 8.98 Å². The summed E-state index contributed by atoms with van der Waals surface area (Å²) < 4.78 is 8.68. The molecule has 0 saturated carbocycles. The minimum Gasteiger partial charge on any atom is -0.455 e. The van der Waals surface area contributed by atoms with E-state index in [0.717, 1.165) is 44.3 Å². The molecule has 6 rings (SSSR count). The number of nitrogens with zero attached hydrogens (tertiary/aromatic N) is 2. The molecular formula is C28H21N2O+. The summed E-state index contributed by atoms with van der Waals surface area (Å²) in [6.45, 7) is 2.13. The molecule has 6 aromatic rings. The Labute approximate surface area is 180 Å². The first-order valence-electron chi connectivity index (χ1n) is 10.4. The summed E-state index contributed by atoms with van der Waals surface area (Å²) in [5.41, 5.74) is 7.51. The molecule has 0 bridgehead atoms. The van der Waals surface area contributed by atoms with Crippen molar-refractivity contribution in [3.05, 3.63) is 97.0 Å². The lowest BCUT2D eigenvalue weighted by Crippen LogP contribution is -2.31. The molecule has 148 valence electrons. The highest BCUT2D eigenvalue weighted by atomic mass is 16.3. The highest BCUT2D eigenvalue weighted by Crippen LogP contribution is 2.40. The summed E-state index contributed by atoms with van der Waals surface area (Å²) >= 11 is 0. The van der Waals surface area contributed by atoms with Gasteiger partial charge in [0.25, 0.3) is 6.33 Å². The van der Waals surface area contributed by atoms with Gasteiger partial charge in [-0.1, -0.05) is 71.7 Å². The van der Waals surface area contributed by atoms with E-state index in [2.05, 4.69) is 84.7 Å². The number of benzene rings is 4. The average molecular weight is 401 g/mol. The van der Waals surface area contributed by atoms with E-state index >= 15 is 0 Å². The van der Waals surface area contributed by atoms with E-state index in [1.54, 1.807) is 0 Å². The Morgan fingerprint density at radius 3 is 2.48 bits per heavy atom. The zero-order valence-electron chi connectivity index (χ0n) is 17.5. The van der Waals surface area contributed by atoms with Gasteiger partial charge in [-0.15, -0.1) is 0 Å². The van der Waals surface area contributed by atoms with Crippen molar-refractivity contribution >= 4 is 32.7 Å². The second-order valence-electron chi connectivity index (χ2n) is 8.06. The second kappa shape index (κ2) is 6.78. The summed E-state index contributed by atoms with van der Waals surface area (Å²) in [6, 6.07) is 27.9. The quantitative estimate of drug-likeness (QED) is 0.306. The Morgan fingerprint density at radius 1 is 0.774 bits per heavy atom. The normalized spacial score (nSPS) is 11.5. The van der Waals surface area contributed by atoms with Gasteiger partial charge < -0.3 is 4.42 Å². The fraction of sp³-hybridized carbons (Fsp3) is 0.0714. The molecule has 0 aliphatic carbocycles. The standard InChI is InChI=1S/C28H21N2O/c1-18-10-13-24-23-9-5-8-22(21-12-11-19-6-3-4-7-20(19)16-21)27(23)31-28(24)26(18)25-14-15-29-17-30(25)2/h3-17H,1-2H3/q+1. The van der Waals surface area contributed by atoms with Crippen molar-refractivity contribution in [1.29, 1.82) is 0 Å². The van der Waals surface area contributed by atoms with Crippen molar-refractivity contribution in [3.8, 4) is 22.4 Å². The maximum absolute atomic E-state index is 6.64. The van der Waals surface area contributed by atoms with Gasteiger partial charge in [0, 0.05) is 22.4 Å². The first-order chi connectivity index (χ1) is 15.2. The van der Waals surface area contributed by atoms with Gasteiger partial charge in [-0.2, -0.15) is 0 Å². The van der Waals surface area contributed by atoms with Crippen LogP contribution in [0.3, 0.4) is 0 Å². The lowest BCUT2D eigenvalue weighted by atomic mass is 9.98. The number of aromatic nitrogens is 2. The van der Waals surface area contributed by atoms with Gasteiger partial charge in [-0.3, -0.25) is 0 Å². The van der Waals surface area contributed by atoms with Gasteiger partial charge in [0.1, 0.15) is 23.1 Å². The summed E-state index contributed by atoms with van der Waals surface area (Å²) in [5, 5.41) is 4.74. The second-order valence-corrected chi connectivity index (χ2v) is 8.06. The van der Waals surface area contributed by atoms with Crippen LogP contribution in [0.1, 0.15) is 5.56 Å². The number of hydrogen-bond donors (Lipinski definition) is 0. The zero-order chi connectivity index (χ0) is 20.9. The van der Waals surface area contributed by atoms with Crippen LogP contribution in [0, 0.1) is 6.92 Å². The molecule has 2 heterocycles. The van der Waals surface area contributed by atoms with Crippen molar-refractivity contribution in [2.75, 3.05) is 0 Å². The molecule has 31 heavy (non-hydrogen) atoms. The molecule has 2 aromatic heterocycles. The number of aryl methyl sites for hydroxylation is 2. The molecule has 0 N–H and O–H groups in total. The van der Waals surface area contributed by atoms with E-state index in [1.165, 1.54) is 16.3 Å². The summed E-state index contributed by atoms with van der Waals surface area (Å²) in [5.74, 6) is 0. The maximum Gasteiger partial charge on any atom is 0.286 e. The largest absolute Gasteiger partial charge is 0.455 e. The van der Waals surface area contributed by atoms with Gasteiger partial charge in [0.2, 0.25) is 0 Å². The van der Waals surface area contributed by atoms with E-state index in [1.807, 2.05) is 30.2 Å². The fourth-order valence-corrected chi connectivity index (χ4v) is 4.55. The third-order valence-electron chi connectivity index (χ3n) is 6.13. The molecule has 0 aliphatic heterocycles. The van der Waals surface area contributed by atoms with Crippen LogP contribution in [-0.2, 0) is 7.05 Å². The van der Waals surface area contributed by atoms with Gasteiger partial charge >= 0.3 is 0 Å². The summed E-state index contributed by atoms with van der Waals surface area (Å²) in [6.07, 6.45) is 3.66. The lowest BCUT2D eigenvalue weighted by Gasteiger charge is -2.06. The monoisotopic (exact) mass is 401 g/mol. The number of para-hydroxylation sites is 1. The molecule has 3 nitrogen and oxygen atoms in total. The number of furan rings is 1. The SMILES string of the molecule is Cc1ccc2c(oc3c(-c4ccc5ccccc5c4)cccc32)c1-c1ccnc[n+]1C. The molecule has 0 unspecified atom stereocenters. The summed E-state index contributed by atoms with van der Waals surface area (Å²) in [7, 11) is 2.02. The van der Waals surface area contributed by atoms with Crippen LogP contribution in [0.4, 0.5) is 0 Å². The number of fused-ring (bicyclic) bond motifs is 4. The molecule has 0 amide bonds. The topological polar surface area (TPSA) is 29.9 Å². The molecule has 0 saturated heterocycles. The minimum atomic E-state index is 0.921. The van der Waals surface area contributed by atoms with Crippen molar-refractivity contribution in [2.24, 2.45) is 7.05 Å². The lowest BCUT2D eigenvalue weighted by molar-refractivity contribution is -0.663. The highest BCUT2D eigenvalue weighted by Gasteiger charge is 2.20. The molecule has 0 aliphatic rings. The maximum atomic E-state index is 6.64. The Kier molecular flexibility index (Phi) is 3.90. The average Bonchev–Trinajstić information content (AvgIpc) is 3.18. The molecular weight excluding hydrogens is 380 g/mol. The molecule has 0 spiro atoms. The van der Waals surface area contributed by atoms with Crippen molar-refractivity contribution in [2.45, 2.75) is 6.92 Å². The predicted octanol–water partition coefficient (Wildman–Crippen LogP) is 6.60. The van der Waals surface area contributed by atoms with Crippen LogP contribution >= 0.6 is 0 Å². The Hall–Kier alpha value is -3.98. The number of rotatable bonds is 2. The van der Waals surface area contributed by atoms with Gasteiger partial charge in [-0.25, -0.2) is 4.57 Å². The van der Waals surface area contributed by atoms with Crippen LogP contribution in [0.15, 0.2) is 95.8 Å². The van der Waals surface area contributed by atoms with Gasteiger partial charge in [-0.05, 0) is 34.9 Å². The Morgan fingerprint density at radius 2 is 1.61 bits per heavy atom. The van der Waals surface area contributed by atoms with Gasteiger partial charge in [0.15, 0.2) is 0 Å². The first-order valence-corrected chi connectivity index (χ1v) is 10.4. The summed E-state index contributed by atoms with van der Waals surface area (Å²) in [4.78, 5) is 4.23. The molecule has 4 aromatic carbocycles. The zero-order valence-corrected chi connectivity index (χ0v) is 17.5. The van der Waals surface area contributed by atoms with E-state index in [0.29, 0.717) is 0 Å². The molecule has 3 heteroatoms. The van der Waals surface area contributed by atoms with Crippen molar-refractivity contribution in [1.82, 2.24) is 4.98 Å². The van der Waals surface area contributed by atoms with Crippen molar-refractivity contribution in [3.63, 3.8) is 0 Å². The molecule has 0 radical (unpaired) electrons. The van der Waals surface area contributed by atoms with E-state index in [9.17, 15) is 0 Å². The Balaban J connectivity index is 1.67. The van der Waals surface area contributed by atoms with Crippen LogP contribution < -0.4 is 4.57 Å². The minimum absolute atomic E-state index is 0.921. The van der Waals surface area contributed by atoms with Crippen LogP contribution in [0.25, 0.3) is 55.1 Å². The van der Waals surface area contributed by atoms with Gasteiger partial charge in [0.05, 0.1) is 12.6 Å². The fourth-order valence-electron chi connectivity index (χ4n) is 4.55. The molecule has 0 atom stereocenters. The van der Waals surface area contributed by atoms with E-state index in [-0.39, 0.29) is 0 Å². The molecule has 0 fully saturated rings. The third kappa shape index (κ3) is 2.74. The van der Waals surface area contributed by atoms with Crippen LogP contribution in [0.5, 0.6) is 0 Å².